The van der Waals surface area contributed by atoms with Gasteiger partial charge in [-0.1, -0.05) is 6.92 Å². The van der Waals surface area contributed by atoms with E-state index in [1.165, 1.54) is 12.8 Å². The van der Waals surface area contributed by atoms with E-state index in [1.807, 2.05) is 16.7 Å². The number of likely N-dealkylation sites (tertiary alicyclic amines) is 1. The maximum Gasteiger partial charge on any atom is 0.243 e. The van der Waals surface area contributed by atoms with Gasteiger partial charge in [0, 0.05) is 40.2 Å². The summed E-state index contributed by atoms with van der Waals surface area (Å²) in [5.41, 5.74) is 0. The van der Waals surface area contributed by atoms with Gasteiger partial charge >= 0.3 is 0 Å². The van der Waals surface area contributed by atoms with Gasteiger partial charge in [-0.25, -0.2) is 4.99 Å². The van der Waals surface area contributed by atoms with E-state index >= 15 is 0 Å². The van der Waals surface area contributed by atoms with E-state index in [2.05, 4.69) is 37.6 Å². The Labute approximate surface area is 183 Å². The molecule has 2 aromatic rings. The molecule has 2 aromatic heterocycles. The average Bonchev–Trinajstić information content (AvgIpc) is 3.54. The molecular weight excluding hydrogens is 396 g/mol. The molecule has 3 heterocycles. The summed E-state index contributed by atoms with van der Waals surface area (Å²) in [7, 11) is 3.47. The molecule has 1 atom stereocenters. The van der Waals surface area contributed by atoms with Crippen LogP contribution in [-0.4, -0.2) is 83.3 Å². The van der Waals surface area contributed by atoms with Crippen molar-refractivity contribution < 1.29 is 9.21 Å². The van der Waals surface area contributed by atoms with E-state index < -0.39 is 0 Å². The molecule has 31 heavy (non-hydrogen) atoms. The predicted octanol–water partition coefficient (Wildman–Crippen LogP) is 0.894. The molecule has 2 N–H and O–H groups in total. The highest BCUT2D eigenvalue weighted by Crippen LogP contribution is 2.24. The first-order chi connectivity index (χ1) is 15.1. The van der Waals surface area contributed by atoms with Crippen molar-refractivity contribution in [3.8, 4) is 0 Å². The second-order valence-electron chi connectivity index (χ2n) is 7.83. The first-order valence-electron chi connectivity index (χ1n) is 10.9. The zero-order valence-electron chi connectivity index (χ0n) is 18.8. The maximum atomic E-state index is 12.0. The highest BCUT2D eigenvalue weighted by atomic mass is 16.3. The molecule has 0 saturated carbocycles. The number of guanidine groups is 1. The van der Waals surface area contributed by atoms with Crippen LogP contribution in [0.1, 0.15) is 37.4 Å². The van der Waals surface area contributed by atoms with Gasteiger partial charge in [-0.05, 0) is 38.1 Å². The fourth-order valence-corrected chi connectivity index (χ4v) is 3.63. The molecule has 0 aromatic carbocycles. The normalized spacial score (nSPS) is 15.8. The van der Waals surface area contributed by atoms with E-state index in [1.54, 1.807) is 31.6 Å². The van der Waals surface area contributed by atoms with E-state index in [0.29, 0.717) is 25.6 Å². The average molecular weight is 431 g/mol. The number of hydrogen-bond acceptors (Lipinski definition) is 6. The number of carbonyl (C=O) groups is 1. The lowest BCUT2D eigenvalue weighted by atomic mass is 10.2. The minimum Gasteiger partial charge on any atom is -0.468 e. The Balaban J connectivity index is 1.63. The number of aryl methyl sites for hydroxylation is 1. The molecule has 3 rings (SSSR count). The number of nitrogens with zero attached hydrogens (tertiary/aromatic N) is 6. The minimum atomic E-state index is -0.0460. The number of aliphatic imine (C=N–C) groups is 1. The van der Waals surface area contributed by atoms with Crippen LogP contribution in [-0.2, 0) is 17.8 Å². The number of aromatic nitrogens is 3. The van der Waals surface area contributed by atoms with Crippen molar-refractivity contribution in [1.82, 2.24) is 35.2 Å². The van der Waals surface area contributed by atoms with Gasteiger partial charge < -0.3 is 24.5 Å². The number of furan rings is 1. The number of hydrogen-bond donors (Lipinski definition) is 2. The van der Waals surface area contributed by atoms with Gasteiger partial charge in [-0.2, -0.15) is 0 Å². The van der Waals surface area contributed by atoms with Gasteiger partial charge in [0.25, 0.3) is 0 Å². The molecule has 1 saturated heterocycles. The van der Waals surface area contributed by atoms with E-state index in [4.69, 9.17) is 4.42 Å². The number of nitrogens with one attached hydrogen (secondary N) is 2. The van der Waals surface area contributed by atoms with Crippen LogP contribution in [0.3, 0.4) is 0 Å². The summed E-state index contributed by atoms with van der Waals surface area (Å²) < 4.78 is 7.73. The van der Waals surface area contributed by atoms with Crippen LogP contribution < -0.4 is 10.6 Å². The number of rotatable bonds is 10. The first-order valence-corrected chi connectivity index (χ1v) is 10.9. The smallest absolute Gasteiger partial charge is 0.243 e. The van der Waals surface area contributed by atoms with E-state index in [0.717, 1.165) is 31.1 Å². The zero-order valence-corrected chi connectivity index (χ0v) is 18.8. The molecular formula is C21H34N8O2. The topological polar surface area (TPSA) is 104 Å². The van der Waals surface area contributed by atoms with Crippen LogP contribution in [0, 0.1) is 0 Å². The Morgan fingerprint density at radius 2 is 2.13 bits per heavy atom. The second-order valence-corrected chi connectivity index (χ2v) is 7.83. The van der Waals surface area contributed by atoms with Crippen molar-refractivity contribution in [3.63, 3.8) is 0 Å². The van der Waals surface area contributed by atoms with Gasteiger partial charge in [0.05, 0.1) is 12.3 Å². The summed E-state index contributed by atoms with van der Waals surface area (Å²) in [4.78, 5) is 20.5. The third kappa shape index (κ3) is 6.55. The van der Waals surface area contributed by atoms with Gasteiger partial charge in [-0.3, -0.25) is 9.69 Å². The van der Waals surface area contributed by atoms with Gasteiger partial charge in [-0.15, -0.1) is 10.2 Å². The lowest BCUT2D eigenvalue weighted by molar-refractivity contribution is -0.127. The zero-order chi connectivity index (χ0) is 22.1. The van der Waals surface area contributed by atoms with Gasteiger partial charge in [0.15, 0.2) is 5.96 Å². The molecule has 1 aliphatic heterocycles. The van der Waals surface area contributed by atoms with Crippen LogP contribution in [0.5, 0.6) is 0 Å². The third-order valence-corrected chi connectivity index (χ3v) is 5.44. The monoisotopic (exact) mass is 430 g/mol. The summed E-state index contributed by atoms with van der Waals surface area (Å²) in [6.45, 7) is 6.25. The summed E-state index contributed by atoms with van der Waals surface area (Å²) in [6, 6.07) is 4.06. The molecule has 10 nitrogen and oxygen atoms in total. The van der Waals surface area contributed by atoms with Crippen molar-refractivity contribution in [2.24, 2.45) is 4.99 Å². The molecule has 1 fully saturated rings. The highest BCUT2D eigenvalue weighted by Gasteiger charge is 2.25. The Hall–Kier alpha value is -2.88. The molecule has 0 aliphatic carbocycles. The summed E-state index contributed by atoms with van der Waals surface area (Å²) in [5, 5.41) is 14.8. The van der Waals surface area contributed by atoms with Crippen molar-refractivity contribution in [1.29, 1.82) is 0 Å². The number of likely N-dealkylation sites (N-methyl/N-ethyl adjacent to an activating group) is 1. The summed E-state index contributed by atoms with van der Waals surface area (Å²) in [6.07, 6.45) is 6.68. The maximum absolute atomic E-state index is 12.0. The van der Waals surface area contributed by atoms with Crippen LogP contribution in [0.4, 0.5) is 0 Å². The molecule has 1 unspecified atom stereocenters. The number of carbonyl (C=O) groups excluding carboxylic acids is 1. The molecule has 0 bridgehead atoms. The Bertz CT molecular complexity index is 824. The molecule has 1 aliphatic rings. The molecule has 1 amide bonds. The fourth-order valence-electron chi connectivity index (χ4n) is 3.63. The van der Waals surface area contributed by atoms with Gasteiger partial charge in [0.2, 0.25) is 5.91 Å². The standard InChI is InChI=1S/C21H34N8O2/c1-4-19-26-25-16-29(19)12-9-22-21(24-15-20(30)27(2)3)23-14-17(18-8-7-13-31-18)28-10-5-6-11-28/h7-8,13,16-17H,4-6,9-12,14-15H2,1-3H3,(H2,22,23,24). The summed E-state index contributed by atoms with van der Waals surface area (Å²) >= 11 is 0. The number of amides is 1. The lowest BCUT2D eigenvalue weighted by Gasteiger charge is -2.27. The van der Waals surface area contributed by atoms with Crippen molar-refractivity contribution in [3.05, 3.63) is 36.3 Å². The predicted molar refractivity (Wildman–Crippen MR) is 119 cm³/mol. The molecule has 10 heteroatoms. The minimum absolute atomic E-state index is 0.0460. The van der Waals surface area contributed by atoms with Crippen LogP contribution in [0.2, 0.25) is 0 Å². The third-order valence-electron chi connectivity index (χ3n) is 5.44. The molecule has 0 radical (unpaired) electrons. The highest BCUT2D eigenvalue weighted by molar-refractivity contribution is 5.84. The Kier molecular flexibility index (Phi) is 8.45. The Morgan fingerprint density at radius 3 is 2.81 bits per heavy atom. The molecule has 0 spiro atoms. The SMILES string of the molecule is CCc1nncn1CCNC(=NCC(=O)N(C)C)NCC(c1ccco1)N1CCCC1. The van der Waals surface area contributed by atoms with Crippen LogP contribution >= 0.6 is 0 Å². The first kappa shape index (κ1) is 22.8. The van der Waals surface area contributed by atoms with E-state index in [9.17, 15) is 4.79 Å². The largest absolute Gasteiger partial charge is 0.468 e. The van der Waals surface area contributed by atoms with Crippen molar-refractivity contribution in [2.45, 2.75) is 38.8 Å². The molecule has 170 valence electrons. The lowest BCUT2D eigenvalue weighted by Crippen LogP contribution is -2.44. The van der Waals surface area contributed by atoms with Crippen molar-refractivity contribution >= 4 is 11.9 Å². The van der Waals surface area contributed by atoms with Crippen molar-refractivity contribution in [2.75, 3.05) is 46.8 Å². The fraction of sp³-hybridized carbons (Fsp3) is 0.619. The quantitative estimate of drug-likeness (QED) is 0.426. The van der Waals surface area contributed by atoms with Crippen LogP contribution in [0.25, 0.3) is 0 Å². The van der Waals surface area contributed by atoms with Crippen LogP contribution in [0.15, 0.2) is 34.1 Å². The van der Waals surface area contributed by atoms with E-state index in [-0.39, 0.29) is 18.5 Å². The Morgan fingerprint density at radius 1 is 1.32 bits per heavy atom. The van der Waals surface area contributed by atoms with Gasteiger partial charge in [0.1, 0.15) is 24.5 Å². The second kappa shape index (κ2) is 11.5. The summed E-state index contributed by atoms with van der Waals surface area (Å²) in [5.74, 6) is 2.45.